The number of carbonyl (C=O) groups excluding carboxylic acids is 1. The molecule has 1 heterocycles. The van der Waals surface area contributed by atoms with E-state index in [-0.39, 0.29) is 22.9 Å². The van der Waals surface area contributed by atoms with Crippen LogP contribution in [0, 0.1) is 31.5 Å². The highest BCUT2D eigenvalue weighted by Crippen LogP contribution is 2.42. The number of halogens is 2. The molecular formula is C29H25BrFO3S+. The van der Waals surface area contributed by atoms with Crippen LogP contribution in [0.1, 0.15) is 30.5 Å². The molecule has 0 saturated heterocycles. The summed E-state index contributed by atoms with van der Waals surface area (Å²) in [5.74, 6) is 5.68. The molecule has 35 heavy (non-hydrogen) atoms. The first-order valence-corrected chi connectivity index (χ1v) is 13.1. The smallest absolute Gasteiger partial charge is 0.345 e. The molecule has 0 aliphatic rings. The molecule has 4 rings (SSSR count). The van der Waals surface area contributed by atoms with E-state index in [9.17, 15) is 9.18 Å². The molecule has 1 unspecified atom stereocenters. The number of rotatable bonds is 5. The predicted molar refractivity (Wildman–Crippen MR) is 144 cm³/mol. The number of fused-ring (bicyclic) bond motifs is 1. The van der Waals surface area contributed by atoms with Gasteiger partial charge in [0, 0.05) is 44.1 Å². The minimum Gasteiger partial charge on any atom is -0.481 e. The zero-order valence-corrected chi connectivity index (χ0v) is 22.3. The number of hydrogen-bond donors (Lipinski definition) is 0. The third-order valence-electron chi connectivity index (χ3n) is 5.34. The van der Waals surface area contributed by atoms with Crippen molar-refractivity contribution in [3.63, 3.8) is 0 Å². The van der Waals surface area contributed by atoms with Gasteiger partial charge >= 0.3 is 5.97 Å². The lowest BCUT2D eigenvalue weighted by Gasteiger charge is -2.19. The van der Waals surface area contributed by atoms with E-state index >= 15 is 0 Å². The fourth-order valence-electron chi connectivity index (χ4n) is 3.76. The van der Waals surface area contributed by atoms with Gasteiger partial charge in [0.2, 0.25) is 0 Å². The van der Waals surface area contributed by atoms with Gasteiger partial charge in [0.05, 0.1) is 0 Å². The van der Waals surface area contributed by atoms with Crippen molar-refractivity contribution in [3.8, 4) is 22.5 Å². The van der Waals surface area contributed by atoms with E-state index in [0.29, 0.717) is 11.3 Å². The maximum absolute atomic E-state index is 13.1. The average Bonchev–Trinajstić information content (AvgIpc) is 3.21. The second kappa shape index (κ2) is 10.2. The molecule has 0 amide bonds. The van der Waals surface area contributed by atoms with E-state index in [2.05, 4.69) is 69.5 Å². The number of ether oxygens (including phenoxy) is 2. The van der Waals surface area contributed by atoms with Crippen molar-refractivity contribution in [1.29, 1.82) is 0 Å². The van der Waals surface area contributed by atoms with Crippen molar-refractivity contribution < 1.29 is 18.7 Å². The quantitative estimate of drug-likeness (QED) is 0.144. The zero-order chi connectivity index (χ0) is 25.2. The SMILES string of the molecule is Cc1cc(-[s+]2ccc3cc(Br)ccc32)cc(C)c1OCC(=O)OC(C)(C)C#Cc1ccc(F)cc1. The second-order valence-corrected chi connectivity index (χ2v) is 11.5. The standard InChI is InChI=1S/C29H25BrFO3S/c1-19-15-25(35-14-12-22-17-23(30)7-10-26(22)35)16-20(2)28(19)33-18-27(32)34-29(3,4)13-11-21-5-8-24(31)9-6-21/h5-10,12,14-17H,18H2,1-4H3/q+1. The first-order valence-electron chi connectivity index (χ1n) is 11.1. The summed E-state index contributed by atoms with van der Waals surface area (Å²) in [7, 11) is -0.133. The van der Waals surface area contributed by atoms with E-state index < -0.39 is 11.6 Å². The molecule has 0 spiro atoms. The Morgan fingerprint density at radius 3 is 2.40 bits per heavy atom. The van der Waals surface area contributed by atoms with Crippen LogP contribution in [0.25, 0.3) is 15.0 Å². The number of benzene rings is 3. The first-order chi connectivity index (χ1) is 16.6. The maximum atomic E-state index is 13.1. The molecule has 4 aromatic rings. The fraction of sp³-hybridized carbons (Fsp3) is 0.207. The maximum Gasteiger partial charge on any atom is 0.345 e. The highest BCUT2D eigenvalue weighted by Gasteiger charge is 2.22. The topological polar surface area (TPSA) is 35.5 Å². The lowest BCUT2D eigenvalue weighted by Crippen LogP contribution is -2.29. The van der Waals surface area contributed by atoms with Crippen LogP contribution in [0.4, 0.5) is 4.39 Å². The summed E-state index contributed by atoms with van der Waals surface area (Å²) in [6.45, 7) is 7.17. The van der Waals surface area contributed by atoms with Crippen LogP contribution in [0.15, 0.2) is 70.5 Å². The van der Waals surface area contributed by atoms with Crippen molar-refractivity contribution in [2.24, 2.45) is 0 Å². The third-order valence-corrected chi connectivity index (χ3v) is 7.83. The molecular weight excluding hydrogens is 527 g/mol. The van der Waals surface area contributed by atoms with Gasteiger partial charge in [0.25, 0.3) is 0 Å². The molecule has 0 fully saturated rings. The van der Waals surface area contributed by atoms with Gasteiger partial charge in [-0.1, -0.05) is 27.8 Å². The lowest BCUT2D eigenvalue weighted by atomic mass is 10.1. The van der Waals surface area contributed by atoms with Gasteiger partial charge in [-0.2, -0.15) is 0 Å². The molecule has 0 aliphatic carbocycles. The average molecular weight is 552 g/mol. The normalized spacial score (nSPS) is 11.7. The number of esters is 1. The highest BCUT2D eigenvalue weighted by atomic mass is 79.9. The Kier molecular flexibility index (Phi) is 7.30. The van der Waals surface area contributed by atoms with Gasteiger partial charge in [0.15, 0.2) is 21.8 Å². The third kappa shape index (κ3) is 6.11. The van der Waals surface area contributed by atoms with Gasteiger partial charge < -0.3 is 9.47 Å². The Bertz CT molecular complexity index is 1440. The molecule has 0 N–H and O–H groups in total. The molecule has 1 atom stereocenters. The largest absolute Gasteiger partial charge is 0.481 e. The molecule has 0 bridgehead atoms. The summed E-state index contributed by atoms with van der Waals surface area (Å²) < 4.78 is 26.8. The summed E-state index contributed by atoms with van der Waals surface area (Å²) >= 11 is 3.54. The summed E-state index contributed by atoms with van der Waals surface area (Å²) in [6, 6.07) is 18.6. The Morgan fingerprint density at radius 1 is 1.03 bits per heavy atom. The van der Waals surface area contributed by atoms with Gasteiger partial charge in [-0.05, 0) is 81.3 Å². The Labute approximate surface area is 216 Å². The van der Waals surface area contributed by atoms with Crippen LogP contribution in [0.2, 0.25) is 0 Å². The summed E-state index contributed by atoms with van der Waals surface area (Å²) in [6.07, 6.45) is 0. The van der Waals surface area contributed by atoms with Crippen LogP contribution >= 0.6 is 26.4 Å². The van der Waals surface area contributed by atoms with Gasteiger partial charge in [-0.15, -0.1) is 0 Å². The van der Waals surface area contributed by atoms with Crippen molar-refractivity contribution in [2.75, 3.05) is 6.61 Å². The van der Waals surface area contributed by atoms with Crippen molar-refractivity contribution in [3.05, 3.63) is 93.0 Å². The van der Waals surface area contributed by atoms with Gasteiger partial charge in [-0.25, -0.2) is 9.18 Å². The molecule has 6 heteroatoms. The number of aryl methyl sites for hydroxylation is 2. The molecule has 178 valence electrons. The van der Waals surface area contributed by atoms with E-state index in [1.807, 2.05) is 13.8 Å². The second-order valence-electron chi connectivity index (χ2n) is 8.74. The van der Waals surface area contributed by atoms with Gasteiger partial charge in [-0.3, -0.25) is 0 Å². The van der Waals surface area contributed by atoms with Crippen LogP contribution in [0.5, 0.6) is 5.75 Å². The van der Waals surface area contributed by atoms with Crippen LogP contribution in [-0.2, 0) is 9.53 Å². The predicted octanol–water partition coefficient (Wildman–Crippen LogP) is 7.85. The van der Waals surface area contributed by atoms with E-state index in [4.69, 9.17) is 9.47 Å². The summed E-state index contributed by atoms with van der Waals surface area (Å²) in [5, 5.41) is 3.46. The molecule has 3 nitrogen and oxygen atoms in total. The Hall–Kier alpha value is -3.14. The number of hydrogen-bond acceptors (Lipinski definition) is 3. The molecule has 0 aliphatic heterocycles. The van der Waals surface area contributed by atoms with Crippen LogP contribution in [0.3, 0.4) is 0 Å². The molecule has 0 radical (unpaired) electrons. The molecule has 1 aromatic heterocycles. The Morgan fingerprint density at radius 2 is 1.71 bits per heavy atom. The zero-order valence-electron chi connectivity index (χ0n) is 19.9. The molecule has 0 saturated carbocycles. The monoisotopic (exact) mass is 551 g/mol. The van der Waals surface area contributed by atoms with E-state index in [1.54, 1.807) is 26.0 Å². The minimum absolute atomic E-state index is 0.133. The Balaban J connectivity index is 1.44. The van der Waals surface area contributed by atoms with Crippen molar-refractivity contribution >= 4 is 42.5 Å². The first kappa shape index (κ1) is 25.0. The molecule has 3 aromatic carbocycles. The van der Waals surface area contributed by atoms with Crippen molar-refractivity contribution in [2.45, 2.75) is 33.3 Å². The van der Waals surface area contributed by atoms with Crippen LogP contribution < -0.4 is 4.74 Å². The van der Waals surface area contributed by atoms with Crippen molar-refractivity contribution in [1.82, 2.24) is 0 Å². The number of thiophene rings is 1. The van der Waals surface area contributed by atoms with E-state index in [1.165, 1.54) is 27.1 Å². The summed E-state index contributed by atoms with van der Waals surface area (Å²) in [4.78, 5) is 13.7. The van der Waals surface area contributed by atoms with E-state index in [0.717, 1.165) is 15.6 Å². The minimum atomic E-state index is -1.01. The van der Waals surface area contributed by atoms with Crippen LogP contribution in [-0.4, -0.2) is 18.2 Å². The highest BCUT2D eigenvalue weighted by molar-refractivity contribution is 9.10. The number of carbonyl (C=O) groups is 1. The fourth-order valence-corrected chi connectivity index (χ4v) is 6.18. The lowest BCUT2D eigenvalue weighted by molar-refractivity contribution is -0.154. The van der Waals surface area contributed by atoms with Gasteiger partial charge in [0.1, 0.15) is 16.9 Å². The summed E-state index contributed by atoms with van der Waals surface area (Å²) in [5.41, 5.74) is 1.57.